The first-order valence-electron chi connectivity index (χ1n) is 20.1. The minimum atomic E-state index is -5.37. The van der Waals surface area contributed by atoms with E-state index in [4.69, 9.17) is 5.73 Å². The first-order chi connectivity index (χ1) is 33.8. The van der Waals surface area contributed by atoms with E-state index in [1.165, 1.54) is 38.1 Å². The number of fused-ring (bicyclic) bond motifs is 3. The summed E-state index contributed by atoms with van der Waals surface area (Å²) >= 11 is 0. The van der Waals surface area contributed by atoms with E-state index in [1.807, 2.05) is 0 Å². The SMILES string of the molecule is Cc1c(N=Nc2c(S(=O)(=O)O)cc3cc(S(=O)(=O)O)c(N=Nc4ccc5c(O)c(N=Nc6ccccc6)c(S(=O)(=O)O)cc5c4C)c(O)c3c2N)ccc2c(O)c(N=Nc3ccccc3)c(S(=O)(=O)O)cc12. The summed E-state index contributed by atoms with van der Waals surface area (Å²) in [6.07, 6.45) is 0. The largest absolute Gasteiger partial charge is 0.505 e. The first-order valence-corrected chi connectivity index (χ1v) is 25.9. The number of aryl methyl sites for hydroxylation is 2. The Hall–Kier alpha value is -8.22. The molecule has 0 radical (unpaired) electrons. The van der Waals surface area contributed by atoms with Gasteiger partial charge in [0.15, 0.2) is 17.2 Å². The third-order valence-electron chi connectivity index (χ3n) is 10.9. The average molecular weight is 1060 g/mol. The van der Waals surface area contributed by atoms with E-state index in [9.17, 15) is 67.2 Å². The Morgan fingerprint density at radius 3 is 1.11 bits per heavy atom. The summed E-state index contributed by atoms with van der Waals surface area (Å²) in [6.45, 7) is 2.78. The van der Waals surface area contributed by atoms with Crippen LogP contribution in [0.2, 0.25) is 0 Å². The molecule has 368 valence electrons. The zero-order valence-electron chi connectivity index (χ0n) is 36.6. The fourth-order valence-corrected chi connectivity index (χ4v) is 10.1. The summed E-state index contributed by atoms with van der Waals surface area (Å²) in [5.41, 5.74) is 3.10. The van der Waals surface area contributed by atoms with Crippen LogP contribution in [0.25, 0.3) is 32.3 Å². The maximum atomic E-state index is 12.8. The Morgan fingerprint density at radius 1 is 0.389 bits per heavy atom. The summed E-state index contributed by atoms with van der Waals surface area (Å²) in [7, 11) is -20.8. The summed E-state index contributed by atoms with van der Waals surface area (Å²) in [5, 5.41) is 64.5. The average Bonchev–Trinajstić information content (AvgIpc) is 3.30. The van der Waals surface area contributed by atoms with Crippen LogP contribution in [0.15, 0.2) is 170 Å². The van der Waals surface area contributed by atoms with E-state index >= 15 is 0 Å². The number of azo groups is 4. The lowest BCUT2D eigenvalue weighted by Crippen LogP contribution is -2.03. The fraction of sp³-hybridized carbons (Fsp3) is 0.0455. The molecule has 0 saturated carbocycles. The van der Waals surface area contributed by atoms with E-state index in [1.54, 1.807) is 60.7 Å². The topological polar surface area (TPSA) is 403 Å². The summed E-state index contributed by atoms with van der Waals surface area (Å²) in [4.78, 5) is -3.92. The van der Waals surface area contributed by atoms with Crippen LogP contribution in [0.1, 0.15) is 11.1 Å². The molecule has 0 unspecified atom stereocenters. The number of rotatable bonds is 12. The van der Waals surface area contributed by atoms with Crippen molar-refractivity contribution < 1.29 is 67.2 Å². The van der Waals surface area contributed by atoms with Crippen molar-refractivity contribution in [2.75, 3.05) is 5.73 Å². The van der Waals surface area contributed by atoms with Gasteiger partial charge in [-0.25, -0.2) is 0 Å². The van der Waals surface area contributed by atoms with Crippen molar-refractivity contribution in [2.45, 2.75) is 33.4 Å². The summed E-state index contributed by atoms with van der Waals surface area (Å²) in [6, 6.07) is 24.4. The second kappa shape index (κ2) is 18.5. The van der Waals surface area contributed by atoms with Crippen LogP contribution in [0.5, 0.6) is 17.2 Å². The molecule has 0 aliphatic carbocycles. The van der Waals surface area contributed by atoms with Gasteiger partial charge in [-0.2, -0.15) is 54.1 Å². The Kier molecular flexibility index (Phi) is 12.9. The lowest BCUT2D eigenvalue weighted by atomic mass is 10.0. The number of phenols is 3. The van der Waals surface area contributed by atoms with Crippen LogP contribution in [-0.4, -0.2) is 67.2 Å². The molecule has 0 aromatic heterocycles. The highest BCUT2D eigenvalue weighted by Gasteiger charge is 2.29. The van der Waals surface area contributed by atoms with E-state index in [0.29, 0.717) is 12.1 Å². The second-order valence-corrected chi connectivity index (χ2v) is 21.0. The molecule has 0 heterocycles. The Labute approximate surface area is 406 Å². The highest BCUT2D eigenvalue weighted by molar-refractivity contribution is 7.86. The van der Waals surface area contributed by atoms with Crippen molar-refractivity contribution in [1.82, 2.24) is 0 Å². The number of hydrogen-bond donors (Lipinski definition) is 8. The summed E-state index contributed by atoms with van der Waals surface area (Å²) < 4.78 is 142. The number of phenolic OH excluding ortho intramolecular Hbond substituents is 3. The number of aromatic hydroxyl groups is 3. The molecule has 8 aromatic rings. The molecule has 8 aromatic carbocycles. The van der Waals surface area contributed by atoms with Gasteiger partial charge in [0.05, 0.1) is 33.8 Å². The molecule has 28 heteroatoms. The van der Waals surface area contributed by atoms with Crippen LogP contribution < -0.4 is 5.73 Å². The van der Waals surface area contributed by atoms with E-state index in [2.05, 4.69) is 40.9 Å². The van der Waals surface area contributed by atoms with Crippen LogP contribution in [0.3, 0.4) is 0 Å². The zero-order valence-corrected chi connectivity index (χ0v) is 39.8. The monoisotopic (exact) mass is 1060 g/mol. The maximum Gasteiger partial charge on any atom is 0.296 e. The first kappa shape index (κ1) is 50.2. The number of benzene rings is 8. The Morgan fingerprint density at radius 2 is 0.722 bits per heavy atom. The molecule has 72 heavy (non-hydrogen) atoms. The van der Waals surface area contributed by atoms with Gasteiger partial charge in [-0.15, -0.1) is 20.5 Å². The number of nitrogens with zero attached hydrogens (tertiary/aromatic N) is 8. The van der Waals surface area contributed by atoms with Crippen molar-refractivity contribution in [3.05, 3.63) is 120 Å². The second-order valence-electron chi connectivity index (χ2n) is 15.4. The van der Waals surface area contributed by atoms with Crippen molar-refractivity contribution >= 4 is 124 Å². The smallest absolute Gasteiger partial charge is 0.296 e. The maximum absolute atomic E-state index is 12.8. The normalized spacial score (nSPS) is 13.0. The van der Waals surface area contributed by atoms with Crippen molar-refractivity contribution in [3.8, 4) is 17.2 Å². The predicted octanol–water partition coefficient (Wildman–Crippen LogP) is 11.1. The molecule has 0 bridgehead atoms. The van der Waals surface area contributed by atoms with Gasteiger partial charge < -0.3 is 21.1 Å². The fourth-order valence-electron chi connectivity index (χ4n) is 7.43. The van der Waals surface area contributed by atoms with Crippen molar-refractivity contribution in [3.63, 3.8) is 0 Å². The van der Waals surface area contributed by atoms with Crippen LogP contribution in [0.4, 0.5) is 51.2 Å². The molecule has 0 spiro atoms. The van der Waals surface area contributed by atoms with Gasteiger partial charge in [0.1, 0.15) is 42.3 Å². The van der Waals surface area contributed by atoms with Gasteiger partial charge >= 0.3 is 0 Å². The number of nitrogen functional groups attached to an aromatic ring is 1. The van der Waals surface area contributed by atoms with Crippen molar-refractivity contribution in [1.29, 1.82) is 0 Å². The molecule has 8 rings (SSSR count). The highest BCUT2D eigenvalue weighted by Crippen LogP contribution is 2.50. The lowest BCUT2D eigenvalue weighted by Gasteiger charge is -2.14. The van der Waals surface area contributed by atoms with Crippen LogP contribution >= 0.6 is 0 Å². The molecule has 0 amide bonds. The van der Waals surface area contributed by atoms with Crippen LogP contribution in [0, 0.1) is 13.8 Å². The minimum Gasteiger partial charge on any atom is -0.505 e. The van der Waals surface area contributed by atoms with Gasteiger partial charge in [0, 0.05) is 10.8 Å². The summed E-state index contributed by atoms with van der Waals surface area (Å²) in [5.74, 6) is -2.55. The molecule has 9 N–H and O–H groups in total. The molecule has 0 aliphatic rings. The quantitative estimate of drug-likeness (QED) is 0.0320. The number of hydrogen-bond acceptors (Lipinski definition) is 20. The van der Waals surface area contributed by atoms with Gasteiger partial charge in [0.25, 0.3) is 40.5 Å². The molecule has 0 saturated heterocycles. The molecular formula is C44H33N9O15S4. The number of nitrogens with two attached hydrogens (primary N) is 1. The van der Waals surface area contributed by atoms with E-state index in [-0.39, 0.29) is 55.4 Å². The Balaban J connectivity index is 1.26. The minimum absolute atomic E-state index is 0.00166. The third kappa shape index (κ3) is 9.65. The van der Waals surface area contributed by atoms with Gasteiger partial charge in [0.2, 0.25) is 0 Å². The van der Waals surface area contributed by atoms with E-state index in [0.717, 1.165) is 12.1 Å². The highest BCUT2D eigenvalue weighted by atomic mass is 32.2. The lowest BCUT2D eigenvalue weighted by molar-refractivity contribution is 0.471. The standard InChI is InChI=1S/C44H33N9O15S4/c1-21-28-19-34(71(63,64)65)39(51-46-24-9-5-3-6-10-24)42(54)26(28)13-15-30(21)48-50-38-32(69(57,58)59)17-23-18-33(70(60,61)62)41(44(56)36(23)37(38)45)53-49-31-16-14-27-29(22(31)2)20-35(72(66,67)68)40(43(27)55)52-47-25-11-7-4-8-12-25/h3-20,54-56H,45H2,1-2H3,(H,57,58,59)(H,60,61,62)(H,63,64,65)(H,66,67,68). The molecular weight excluding hydrogens is 1020 g/mol. The zero-order chi connectivity index (χ0) is 52.2. The van der Waals surface area contributed by atoms with Crippen LogP contribution in [-0.2, 0) is 40.5 Å². The van der Waals surface area contributed by atoms with Gasteiger partial charge in [-0.1, -0.05) is 36.4 Å². The molecule has 0 aliphatic heterocycles. The van der Waals surface area contributed by atoms with Gasteiger partial charge in [-0.3, -0.25) is 18.2 Å². The Bertz CT molecular complexity index is 3950. The van der Waals surface area contributed by atoms with Gasteiger partial charge in [-0.05, 0) is 114 Å². The molecule has 0 fully saturated rings. The predicted molar refractivity (Wildman–Crippen MR) is 260 cm³/mol. The third-order valence-corrected chi connectivity index (χ3v) is 14.4. The molecule has 24 nitrogen and oxygen atoms in total. The number of anilines is 1. The van der Waals surface area contributed by atoms with E-state index < -0.39 is 117 Å². The molecule has 0 atom stereocenters. The van der Waals surface area contributed by atoms with Crippen molar-refractivity contribution in [2.24, 2.45) is 40.9 Å².